The van der Waals surface area contributed by atoms with Crippen molar-refractivity contribution in [2.75, 3.05) is 6.61 Å². The predicted molar refractivity (Wildman–Crippen MR) is 41.6 cm³/mol. The minimum Gasteiger partial charge on any atom is -0.498 e. The largest absolute Gasteiger partial charge is 0.498 e. The van der Waals surface area contributed by atoms with Crippen molar-refractivity contribution < 1.29 is 9.47 Å². The van der Waals surface area contributed by atoms with Gasteiger partial charge in [0.05, 0.1) is 12.2 Å². The molecule has 0 unspecified atom stereocenters. The van der Waals surface area contributed by atoms with Crippen LogP contribution < -0.4 is 0 Å². The second-order valence-corrected chi connectivity index (χ2v) is 2.96. The topological polar surface area (TPSA) is 18.5 Å². The summed E-state index contributed by atoms with van der Waals surface area (Å²) in [7, 11) is 0. The summed E-state index contributed by atoms with van der Waals surface area (Å²) < 4.78 is 10.1. The first-order chi connectivity index (χ1) is 4.56. The van der Waals surface area contributed by atoms with Gasteiger partial charge in [-0.2, -0.15) is 0 Å². The second kappa shape index (κ2) is 4.20. The highest BCUT2D eigenvalue weighted by Gasteiger charge is 2.06. The zero-order valence-corrected chi connectivity index (χ0v) is 7.18. The smallest absolute Gasteiger partial charge is 0.118 e. The van der Waals surface area contributed by atoms with E-state index in [1.165, 1.54) is 0 Å². The Kier molecular flexibility index (Phi) is 3.93. The standard InChI is InChI=1S/C8H16O2/c1-5-9-6-7-10-8(2,3)4/h6-7H,5H2,1-4H3/b7-6+. The van der Waals surface area contributed by atoms with Crippen molar-refractivity contribution in [3.8, 4) is 0 Å². The summed E-state index contributed by atoms with van der Waals surface area (Å²) in [6, 6.07) is 0. The molecule has 0 saturated heterocycles. The molecule has 0 saturated carbocycles. The molecular weight excluding hydrogens is 128 g/mol. The lowest BCUT2D eigenvalue weighted by molar-refractivity contribution is 0.0697. The third-order valence-electron chi connectivity index (χ3n) is 0.740. The fourth-order valence-electron chi connectivity index (χ4n) is 0.367. The molecule has 0 heterocycles. The highest BCUT2D eigenvalue weighted by Crippen LogP contribution is 2.06. The zero-order chi connectivity index (χ0) is 8.04. The van der Waals surface area contributed by atoms with Gasteiger partial charge in [0.25, 0.3) is 0 Å². The molecule has 2 heteroatoms. The van der Waals surface area contributed by atoms with Crippen LogP contribution in [0.3, 0.4) is 0 Å². The number of hydrogen-bond donors (Lipinski definition) is 0. The van der Waals surface area contributed by atoms with E-state index in [4.69, 9.17) is 9.47 Å². The molecule has 0 aromatic rings. The van der Waals surface area contributed by atoms with Crippen LogP contribution in [-0.4, -0.2) is 12.2 Å². The van der Waals surface area contributed by atoms with Crippen molar-refractivity contribution in [2.45, 2.75) is 33.3 Å². The van der Waals surface area contributed by atoms with Gasteiger partial charge < -0.3 is 9.47 Å². The molecule has 2 nitrogen and oxygen atoms in total. The fraction of sp³-hybridized carbons (Fsp3) is 0.750. The molecule has 0 amide bonds. The summed E-state index contributed by atoms with van der Waals surface area (Å²) in [5, 5.41) is 0. The van der Waals surface area contributed by atoms with Crippen molar-refractivity contribution in [2.24, 2.45) is 0 Å². The van der Waals surface area contributed by atoms with Crippen LogP contribution in [0, 0.1) is 0 Å². The van der Waals surface area contributed by atoms with Gasteiger partial charge in [-0.05, 0) is 27.7 Å². The Morgan fingerprint density at radius 1 is 1.20 bits per heavy atom. The SMILES string of the molecule is CCO/C=C/OC(C)(C)C. The van der Waals surface area contributed by atoms with Crippen LogP contribution in [0.4, 0.5) is 0 Å². The summed E-state index contributed by atoms with van der Waals surface area (Å²) in [6.45, 7) is 8.58. The molecule has 0 aromatic carbocycles. The Morgan fingerprint density at radius 3 is 2.20 bits per heavy atom. The van der Waals surface area contributed by atoms with E-state index in [0.29, 0.717) is 6.61 Å². The lowest BCUT2D eigenvalue weighted by atomic mass is 10.2. The van der Waals surface area contributed by atoms with Gasteiger partial charge in [0, 0.05) is 0 Å². The second-order valence-electron chi connectivity index (χ2n) is 2.96. The third kappa shape index (κ3) is 7.34. The molecule has 0 N–H and O–H groups in total. The van der Waals surface area contributed by atoms with E-state index in [-0.39, 0.29) is 5.60 Å². The molecule has 0 spiro atoms. The molecule has 0 rings (SSSR count). The van der Waals surface area contributed by atoms with Gasteiger partial charge in [-0.3, -0.25) is 0 Å². The van der Waals surface area contributed by atoms with Crippen molar-refractivity contribution in [3.63, 3.8) is 0 Å². The van der Waals surface area contributed by atoms with E-state index in [0.717, 1.165) is 0 Å². The van der Waals surface area contributed by atoms with Crippen LogP contribution in [0.5, 0.6) is 0 Å². The lowest BCUT2D eigenvalue weighted by Crippen LogP contribution is -2.15. The van der Waals surface area contributed by atoms with Gasteiger partial charge in [-0.15, -0.1) is 0 Å². The van der Waals surface area contributed by atoms with Crippen LogP contribution in [-0.2, 0) is 9.47 Å². The first-order valence-corrected chi connectivity index (χ1v) is 3.50. The summed E-state index contributed by atoms with van der Waals surface area (Å²) in [5.74, 6) is 0. The quantitative estimate of drug-likeness (QED) is 0.566. The average Bonchev–Trinajstić information content (AvgIpc) is 1.78. The van der Waals surface area contributed by atoms with Crippen LogP contribution >= 0.6 is 0 Å². The van der Waals surface area contributed by atoms with Gasteiger partial charge in [0.1, 0.15) is 12.5 Å². The first kappa shape index (κ1) is 9.34. The van der Waals surface area contributed by atoms with Gasteiger partial charge in [0.15, 0.2) is 0 Å². The van der Waals surface area contributed by atoms with Gasteiger partial charge in [0.2, 0.25) is 0 Å². The van der Waals surface area contributed by atoms with E-state index in [1.54, 1.807) is 12.5 Å². The molecule has 0 atom stereocenters. The van der Waals surface area contributed by atoms with Crippen LogP contribution in [0.1, 0.15) is 27.7 Å². The maximum atomic E-state index is 5.23. The average molecular weight is 144 g/mol. The van der Waals surface area contributed by atoms with Gasteiger partial charge in [-0.1, -0.05) is 0 Å². The number of ether oxygens (including phenoxy) is 2. The maximum absolute atomic E-state index is 5.23. The number of rotatable bonds is 3. The molecule has 0 aliphatic rings. The van der Waals surface area contributed by atoms with Crippen molar-refractivity contribution in [1.29, 1.82) is 0 Å². The Morgan fingerprint density at radius 2 is 1.80 bits per heavy atom. The maximum Gasteiger partial charge on any atom is 0.118 e. The number of hydrogen-bond acceptors (Lipinski definition) is 2. The van der Waals surface area contributed by atoms with E-state index in [1.807, 2.05) is 27.7 Å². The van der Waals surface area contributed by atoms with Crippen molar-refractivity contribution >= 4 is 0 Å². The monoisotopic (exact) mass is 144 g/mol. The minimum absolute atomic E-state index is 0.117. The van der Waals surface area contributed by atoms with Gasteiger partial charge >= 0.3 is 0 Å². The van der Waals surface area contributed by atoms with Gasteiger partial charge in [-0.25, -0.2) is 0 Å². The molecule has 0 fully saturated rings. The molecule has 60 valence electrons. The molecule has 10 heavy (non-hydrogen) atoms. The Labute approximate surface area is 62.8 Å². The Hall–Kier alpha value is -0.660. The normalized spacial score (nSPS) is 12.0. The third-order valence-corrected chi connectivity index (χ3v) is 0.740. The fourth-order valence-corrected chi connectivity index (χ4v) is 0.367. The molecule has 0 bridgehead atoms. The predicted octanol–water partition coefficient (Wildman–Crippen LogP) is 2.31. The summed E-state index contributed by atoms with van der Waals surface area (Å²) in [5.41, 5.74) is -0.117. The Balaban J connectivity index is 3.34. The van der Waals surface area contributed by atoms with Crippen molar-refractivity contribution in [3.05, 3.63) is 12.5 Å². The highest BCUT2D eigenvalue weighted by molar-refractivity contribution is 4.68. The van der Waals surface area contributed by atoms with Crippen LogP contribution in [0.15, 0.2) is 12.5 Å². The summed E-state index contributed by atoms with van der Waals surface area (Å²) in [4.78, 5) is 0. The van der Waals surface area contributed by atoms with E-state index in [2.05, 4.69) is 0 Å². The first-order valence-electron chi connectivity index (χ1n) is 3.50. The van der Waals surface area contributed by atoms with Crippen LogP contribution in [0.2, 0.25) is 0 Å². The summed E-state index contributed by atoms with van der Waals surface area (Å²) >= 11 is 0. The summed E-state index contributed by atoms with van der Waals surface area (Å²) in [6.07, 6.45) is 3.13. The van der Waals surface area contributed by atoms with Crippen LogP contribution in [0.25, 0.3) is 0 Å². The highest BCUT2D eigenvalue weighted by atomic mass is 16.5. The van der Waals surface area contributed by atoms with E-state index in [9.17, 15) is 0 Å². The zero-order valence-electron chi connectivity index (χ0n) is 7.18. The molecule has 0 aromatic heterocycles. The molecular formula is C8H16O2. The minimum atomic E-state index is -0.117. The molecule has 0 aliphatic heterocycles. The van der Waals surface area contributed by atoms with E-state index >= 15 is 0 Å². The Bertz CT molecular complexity index is 100. The van der Waals surface area contributed by atoms with Crippen molar-refractivity contribution in [1.82, 2.24) is 0 Å². The lowest BCUT2D eigenvalue weighted by Gasteiger charge is -2.17. The van der Waals surface area contributed by atoms with E-state index < -0.39 is 0 Å². The molecule has 0 radical (unpaired) electrons. The molecule has 0 aliphatic carbocycles.